The van der Waals surface area contributed by atoms with Crippen LogP contribution in [0.25, 0.3) is 0 Å². The van der Waals surface area contributed by atoms with Gasteiger partial charge in [0.05, 0.1) is 12.7 Å². The summed E-state index contributed by atoms with van der Waals surface area (Å²) in [5.41, 5.74) is 1.69. The lowest BCUT2D eigenvalue weighted by atomic mass is 9.90. The molecule has 1 saturated heterocycles. The fourth-order valence-corrected chi connectivity index (χ4v) is 3.82. The molecule has 1 aliphatic rings. The van der Waals surface area contributed by atoms with E-state index in [0.717, 1.165) is 30.4 Å². The molecule has 0 saturated carbocycles. The van der Waals surface area contributed by atoms with E-state index < -0.39 is 0 Å². The largest absolute Gasteiger partial charge is 0.465 e. The normalized spacial score (nSPS) is 21.5. The summed E-state index contributed by atoms with van der Waals surface area (Å²) >= 11 is 3.62. The van der Waals surface area contributed by atoms with E-state index in [0.29, 0.717) is 17.5 Å². The SMILES string of the molecule is COC(=O)c1ccc(N2CCC(C(OC)OC)CC2CBr)cc1. The number of piperidine rings is 1. The summed E-state index contributed by atoms with van der Waals surface area (Å²) in [6.45, 7) is 0.932. The number of anilines is 1. The second kappa shape index (κ2) is 8.66. The van der Waals surface area contributed by atoms with Gasteiger partial charge in [-0.25, -0.2) is 4.79 Å². The molecule has 0 spiro atoms. The zero-order valence-corrected chi connectivity index (χ0v) is 15.4. The van der Waals surface area contributed by atoms with Crippen LogP contribution in [0.3, 0.4) is 0 Å². The van der Waals surface area contributed by atoms with Crippen molar-refractivity contribution in [3.63, 3.8) is 0 Å². The van der Waals surface area contributed by atoms with E-state index in [-0.39, 0.29) is 12.3 Å². The first-order valence-electron chi connectivity index (χ1n) is 7.71. The van der Waals surface area contributed by atoms with Crippen molar-refractivity contribution in [2.24, 2.45) is 5.92 Å². The van der Waals surface area contributed by atoms with Gasteiger partial charge in [0, 0.05) is 43.7 Å². The van der Waals surface area contributed by atoms with Gasteiger partial charge >= 0.3 is 5.97 Å². The highest BCUT2D eigenvalue weighted by Gasteiger charge is 2.32. The maximum absolute atomic E-state index is 11.5. The van der Waals surface area contributed by atoms with Crippen molar-refractivity contribution in [3.8, 4) is 0 Å². The predicted octanol–water partition coefficient (Wildman–Crippen LogP) is 3.07. The summed E-state index contributed by atoms with van der Waals surface area (Å²) in [5, 5.41) is 0.877. The van der Waals surface area contributed by atoms with Gasteiger partial charge in [-0.3, -0.25) is 0 Å². The van der Waals surface area contributed by atoms with Gasteiger partial charge in [-0.05, 0) is 37.1 Å². The molecule has 5 nitrogen and oxygen atoms in total. The van der Waals surface area contributed by atoms with Gasteiger partial charge in [-0.1, -0.05) is 15.9 Å². The smallest absolute Gasteiger partial charge is 0.337 e. The van der Waals surface area contributed by atoms with E-state index in [1.165, 1.54) is 7.11 Å². The van der Waals surface area contributed by atoms with Crippen LogP contribution in [0.4, 0.5) is 5.69 Å². The summed E-state index contributed by atoms with van der Waals surface area (Å²) in [7, 11) is 4.77. The van der Waals surface area contributed by atoms with Crippen LogP contribution in [0.15, 0.2) is 24.3 Å². The molecule has 2 rings (SSSR count). The van der Waals surface area contributed by atoms with Crippen molar-refractivity contribution in [1.82, 2.24) is 0 Å². The maximum Gasteiger partial charge on any atom is 0.337 e. The van der Waals surface area contributed by atoms with Crippen LogP contribution in [-0.4, -0.2) is 51.5 Å². The van der Waals surface area contributed by atoms with Gasteiger partial charge in [0.15, 0.2) is 6.29 Å². The standard InChI is InChI=1S/C17H24BrNO4/c1-21-16(20)12-4-6-14(7-5-12)19-9-8-13(10-15(19)11-18)17(22-2)23-3/h4-7,13,15,17H,8-11H2,1-3H3. The van der Waals surface area contributed by atoms with Crippen LogP contribution in [0.1, 0.15) is 23.2 Å². The van der Waals surface area contributed by atoms with E-state index >= 15 is 0 Å². The second-order valence-electron chi connectivity index (χ2n) is 5.66. The van der Waals surface area contributed by atoms with Crippen LogP contribution in [-0.2, 0) is 14.2 Å². The number of halogens is 1. The average Bonchev–Trinajstić information content (AvgIpc) is 2.62. The molecule has 1 aromatic carbocycles. The van der Waals surface area contributed by atoms with Crippen LogP contribution in [0.2, 0.25) is 0 Å². The molecule has 1 aliphatic heterocycles. The Kier molecular flexibility index (Phi) is 6.87. The summed E-state index contributed by atoms with van der Waals surface area (Å²) in [4.78, 5) is 13.9. The molecule has 0 radical (unpaired) electrons. The summed E-state index contributed by atoms with van der Waals surface area (Å²) in [6.07, 6.45) is 1.85. The van der Waals surface area contributed by atoms with Crippen LogP contribution in [0.5, 0.6) is 0 Å². The Labute approximate surface area is 146 Å². The Bertz CT molecular complexity index is 504. The number of ether oxygens (including phenoxy) is 3. The monoisotopic (exact) mass is 385 g/mol. The van der Waals surface area contributed by atoms with Gasteiger partial charge in [-0.15, -0.1) is 0 Å². The van der Waals surface area contributed by atoms with Crippen molar-refractivity contribution in [3.05, 3.63) is 29.8 Å². The first-order chi connectivity index (χ1) is 11.1. The Hall–Kier alpha value is -1.11. The number of carbonyl (C=O) groups excluding carboxylic acids is 1. The lowest BCUT2D eigenvalue weighted by molar-refractivity contribution is -0.142. The molecule has 1 aromatic rings. The molecule has 0 amide bonds. The molecule has 23 heavy (non-hydrogen) atoms. The summed E-state index contributed by atoms with van der Waals surface area (Å²) < 4.78 is 15.6. The second-order valence-corrected chi connectivity index (χ2v) is 6.31. The fourth-order valence-electron chi connectivity index (χ4n) is 3.20. The number of rotatable bonds is 6. The lowest BCUT2D eigenvalue weighted by Gasteiger charge is -2.42. The molecular weight excluding hydrogens is 362 g/mol. The van der Waals surface area contributed by atoms with Crippen LogP contribution >= 0.6 is 15.9 Å². The van der Waals surface area contributed by atoms with Gasteiger partial charge in [0.2, 0.25) is 0 Å². The molecule has 1 fully saturated rings. The van der Waals surface area contributed by atoms with E-state index in [1.807, 2.05) is 24.3 Å². The number of alkyl halides is 1. The van der Waals surface area contributed by atoms with Crippen molar-refractivity contribution < 1.29 is 19.0 Å². The average molecular weight is 386 g/mol. The third-order valence-electron chi connectivity index (χ3n) is 4.40. The van der Waals surface area contributed by atoms with Crippen LogP contribution < -0.4 is 4.90 Å². The lowest BCUT2D eigenvalue weighted by Crippen LogP contribution is -2.46. The Balaban J connectivity index is 2.09. The number of carbonyl (C=O) groups is 1. The Morgan fingerprint density at radius 3 is 2.43 bits per heavy atom. The number of esters is 1. The fraction of sp³-hybridized carbons (Fsp3) is 0.588. The molecule has 128 valence electrons. The number of hydrogen-bond donors (Lipinski definition) is 0. The number of nitrogens with zero attached hydrogens (tertiary/aromatic N) is 1. The van der Waals surface area contributed by atoms with E-state index in [1.54, 1.807) is 14.2 Å². The first-order valence-corrected chi connectivity index (χ1v) is 8.83. The van der Waals surface area contributed by atoms with E-state index in [4.69, 9.17) is 14.2 Å². The topological polar surface area (TPSA) is 48.0 Å². The van der Waals surface area contributed by atoms with Gasteiger partial charge in [0.1, 0.15) is 0 Å². The zero-order valence-electron chi connectivity index (χ0n) is 13.8. The summed E-state index contributed by atoms with van der Waals surface area (Å²) in [5.74, 6) is 0.0773. The van der Waals surface area contributed by atoms with Crippen molar-refractivity contribution in [1.29, 1.82) is 0 Å². The minimum Gasteiger partial charge on any atom is -0.465 e. The van der Waals surface area contributed by atoms with Gasteiger partial charge in [0.25, 0.3) is 0 Å². The highest BCUT2D eigenvalue weighted by atomic mass is 79.9. The van der Waals surface area contributed by atoms with Crippen LogP contribution in [0, 0.1) is 5.92 Å². The molecule has 6 heteroatoms. The number of benzene rings is 1. The number of hydrogen-bond acceptors (Lipinski definition) is 5. The Morgan fingerprint density at radius 1 is 1.26 bits per heavy atom. The van der Waals surface area contributed by atoms with E-state index in [9.17, 15) is 4.79 Å². The summed E-state index contributed by atoms with van der Waals surface area (Å²) in [6, 6.07) is 7.95. The highest BCUT2D eigenvalue weighted by molar-refractivity contribution is 9.09. The Morgan fingerprint density at radius 2 is 1.91 bits per heavy atom. The number of methoxy groups -OCH3 is 3. The van der Waals surface area contributed by atoms with E-state index in [2.05, 4.69) is 20.8 Å². The minimum atomic E-state index is -0.310. The molecule has 2 unspecified atom stereocenters. The van der Waals surface area contributed by atoms with Gasteiger partial charge in [-0.2, -0.15) is 0 Å². The molecule has 1 heterocycles. The minimum absolute atomic E-state index is 0.152. The molecule has 0 bridgehead atoms. The van der Waals surface area contributed by atoms with Crippen molar-refractivity contribution >= 4 is 27.6 Å². The molecule has 0 N–H and O–H groups in total. The van der Waals surface area contributed by atoms with Crippen molar-refractivity contribution in [2.75, 3.05) is 38.1 Å². The van der Waals surface area contributed by atoms with Crippen molar-refractivity contribution in [2.45, 2.75) is 25.2 Å². The molecule has 0 aliphatic carbocycles. The highest BCUT2D eigenvalue weighted by Crippen LogP contribution is 2.32. The molecule has 0 aromatic heterocycles. The predicted molar refractivity (Wildman–Crippen MR) is 93.2 cm³/mol. The van der Waals surface area contributed by atoms with Gasteiger partial charge < -0.3 is 19.1 Å². The zero-order chi connectivity index (χ0) is 16.8. The molecular formula is C17H24BrNO4. The quantitative estimate of drug-likeness (QED) is 0.427. The first kappa shape index (κ1) is 18.2. The third-order valence-corrected chi connectivity index (χ3v) is 5.15. The third kappa shape index (κ3) is 4.25. The molecule has 2 atom stereocenters. The maximum atomic E-state index is 11.5.